The molecule has 0 radical (unpaired) electrons. The number of aldehydes is 1. The number of para-hydroxylation sites is 1. The zero-order valence-electron chi connectivity index (χ0n) is 15.5. The van der Waals surface area contributed by atoms with Crippen LogP contribution in [0, 0.1) is 11.3 Å². The molecule has 3 spiro atoms. The smallest absolute Gasteiger partial charge is 0.311 e. The van der Waals surface area contributed by atoms with Gasteiger partial charge in [-0.2, -0.15) is 0 Å². The summed E-state index contributed by atoms with van der Waals surface area (Å²) in [6, 6.07) is 8.95. The number of fused-ring (bicyclic) bond motifs is 3. The van der Waals surface area contributed by atoms with Crippen LogP contribution in [-0.4, -0.2) is 42.4 Å². The topological polar surface area (TPSA) is 58.6 Å². The van der Waals surface area contributed by atoms with Crippen molar-refractivity contribution < 1.29 is 14.3 Å². The van der Waals surface area contributed by atoms with Gasteiger partial charge in [-0.3, -0.25) is 9.59 Å². The van der Waals surface area contributed by atoms with Crippen molar-refractivity contribution >= 4 is 17.9 Å². The lowest BCUT2D eigenvalue weighted by atomic mass is 9.39. The van der Waals surface area contributed by atoms with E-state index in [1.54, 1.807) is 0 Å². The van der Waals surface area contributed by atoms with Crippen molar-refractivity contribution in [1.29, 1.82) is 0 Å². The Balaban J connectivity index is 1.65. The summed E-state index contributed by atoms with van der Waals surface area (Å²) in [5, 5.41) is 3.86. The molecule has 5 nitrogen and oxygen atoms in total. The van der Waals surface area contributed by atoms with Gasteiger partial charge < -0.3 is 15.0 Å². The Kier molecular flexibility index (Phi) is 2.77. The van der Waals surface area contributed by atoms with E-state index in [0.29, 0.717) is 6.04 Å². The molecule has 3 aliphatic heterocycles. The minimum absolute atomic E-state index is 0.0266. The van der Waals surface area contributed by atoms with Gasteiger partial charge in [-0.1, -0.05) is 18.2 Å². The van der Waals surface area contributed by atoms with Crippen LogP contribution >= 0.6 is 0 Å². The predicted molar refractivity (Wildman–Crippen MR) is 100 cm³/mol. The summed E-state index contributed by atoms with van der Waals surface area (Å²) in [4.78, 5) is 27.1. The predicted octanol–water partition coefficient (Wildman–Crippen LogP) is 2.62. The molecule has 4 fully saturated rings. The molecule has 1 aromatic carbocycles. The highest BCUT2D eigenvalue weighted by molar-refractivity contribution is 5.81. The van der Waals surface area contributed by atoms with Crippen molar-refractivity contribution in [2.45, 2.75) is 49.1 Å². The number of methoxy groups -OCH3 is 1. The molecule has 2 bridgehead atoms. The van der Waals surface area contributed by atoms with Gasteiger partial charge in [0.25, 0.3) is 0 Å². The Hall–Kier alpha value is -2.30. The van der Waals surface area contributed by atoms with Crippen LogP contribution in [0.1, 0.15) is 37.7 Å². The molecule has 1 saturated heterocycles. The van der Waals surface area contributed by atoms with Crippen LogP contribution < -0.4 is 5.32 Å². The van der Waals surface area contributed by atoms with Crippen molar-refractivity contribution in [2.24, 2.45) is 11.3 Å². The van der Waals surface area contributed by atoms with Crippen molar-refractivity contribution in [3.63, 3.8) is 0 Å². The van der Waals surface area contributed by atoms with E-state index < -0.39 is 0 Å². The Labute approximate surface area is 158 Å². The molecule has 1 N–H and O–H groups in total. The Morgan fingerprint density at radius 1 is 1.30 bits per heavy atom. The van der Waals surface area contributed by atoms with Crippen LogP contribution in [0.15, 0.2) is 36.0 Å². The number of benzene rings is 1. The Bertz CT molecular complexity index is 911. The summed E-state index contributed by atoms with van der Waals surface area (Å²) in [5.74, 6) is -0.279. The van der Waals surface area contributed by atoms with Gasteiger partial charge >= 0.3 is 5.97 Å². The van der Waals surface area contributed by atoms with Crippen LogP contribution in [0.3, 0.4) is 0 Å². The lowest BCUT2D eigenvalue weighted by Gasteiger charge is -2.68. The van der Waals surface area contributed by atoms with Gasteiger partial charge in [-0.15, -0.1) is 0 Å². The maximum absolute atomic E-state index is 13.0. The zero-order chi connectivity index (χ0) is 18.4. The van der Waals surface area contributed by atoms with Crippen LogP contribution in [0.4, 0.5) is 5.69 Å². The SMILES string of the molecule is COC(=O)[C@@H]1C[C@]23CC[C@@]14Nc1ccccc1[C@@]41CCN(C=C(C=O)C2)[C@@H]31. The summed E-state index contributed by atoms with van der Waals surface area (Å²) < 4.78 is 5.30. The summed E-state index contributed by atoms with van der Waals surface area (Å²) in [6.45, 7) is 0.940. The number of hydrogen-bond donors (Lipinski definition) is 1. The number of nitrogens with zero attached hydrogens (tertiary/aromatic N) is 1. The normalized spacial score (nSPS) is 42.6. The molecule has 1 aromatic rings. The first-order chi connectivity index (χ1) is 13.1. The Morgan fingerprint density at radius 2 is 2.15 bits per heavy atom. The lowest BCUT2D eigenvalue weighted by molar-refractivity contribution is -0.166. The molecular formula is C22H24N2O3. The number of carbonyl (C=O) groups is 2. The highest BCUT2D eigenvalue weighted by Crippen LogP contribution is 2.74. The van der Waals surface area contributed by atoms with Crippen LogP contribution in [0.2, 0.25) is 0 Å². The zero-order valence-corrected chi connectivity index (χ0v) is 15.5. The highest BCUT2D eigenvalue weighted by Gasteiger charge is 2.79. The van der Waals surface area contributed by atoms with Gasteiger partial charge in [-0.25, -0.2) is 0 Å². The van der Waals surface area contributed by atoms with E-state index in [1.165, 1.54) is 18.4 Å². The standard InChI is InChI=1S/C22H24N2O3/c1-27-18(26)16-11-20-6-7-22(16)21(15-4-2-3-5-17(15)23-22)8-9-24(19(20)21)12-14(10-20)13-25/h2-5,12-13,16,19,23H,6-11H2,1H3/t16-,19-,20-,21+,22+/m0/s1. The number of esters is 1. The highest BCUT2D eigenvalue weighted by atomic mass is 16.5. The molecule has 7 rings (SSSR count). The average molecular weight is 364 g/mol. The molecule has 0 amide bonds. The van der Waals surface area contributed by atoms with E-state index in [0.717, 1.165) is 50.5 Å². The lowest BCUT2D eigenvalue weighted by Crippen LogP contribution is -2.76. The number of carbonyl (C=O) groups excluding carboxylic acids is 2. The molecule has 27 heavy (non-hydrogen) atoms. The summed E-state index contributed by atoms with van der Waals surface area (Å²) >= 11 is 0. The van der Waals surface area contributed by atoms with Gasteiger partial charge in [0.2, 0.25) is 0 Å². The van der Waals surface area contributed by atoms with E-state index >= 15 is 0 Å². The van der Waals surface area contributed by atoms with E-state index in [4.69, 9.17) is 4.74 Å². The second kappa shape index (κ2) is 4.75. The molecule has 5 atom stereocenters. The first kappa shape index (κ1) is 15.7. The van der Waals surface area contributed by atoms with Gasteiger partial charge in [0.05, 0.1) is 18.6 Å². The molecule has 0 unspecified atom stereocenters. The number of rotatable bonds is 2. The summed E-state index contributed by atoms with van der Waals surface area (Å²) in [5.41, 5.74) is 3.01. The molecule has 3 heterocycles. The van der Waals surface area contributed by atoms with Crippen molar-refractivity contribution in [2.75, 3.05) is 19.0 Å². The van der Waals surface area contributed by atoms with Crippen LogP contribution in [0.5, 0.6) is 0 Å². The fourth-order valence-electron chi connectivity index (χ4n) is 7.85. The maximum atomic E-state index is 13.0. The number of ether oxygens (including phenoxy) is 1. The third-order valence-electron chi connectivity index (χ3n) is 8.45. The maximum Gasteiger partial charge on any atom is 0.311 e. The monoisotopic (exact) mass is 364 g/mol. The molecule has 3 saturated carbocycles. The average Bonchev–Trinajstić information content (AvgIpc) is 3.24. The molecular weight excluding hydrogens is 340 g/mol. The third kappa shape index (κ3) is 1.52. The van der Waals surface area contributed by atoms with E-state index in [2.05, 4.69) is 40.7 Å². The van der Waals surface area contributed by atoms with Gasteiger partial charge in [0, 0.05) is 35.5 Å². The molecule has 6 aliphatic rings. The minimum atomic E-state index is -0.280. The second-order valence-corrected chi connectivity index (χ2v) is 9.14. The van der Waals surface area contributed by atoms with Gasteiger partial charge in [-0.05, 0) is 49.1 Å². The van der Waals surface area contributed by atoms with Crippen LogP contribution in [-0.2, 0) is 19.7 Å². The van der Waals surface area contributed by atoms with E-state index in [-0.39, 0.29) is 28.3 Å². The second-order valence-electron chi connectivity index (χ2n) is 9.14. The van der Waals surface area contributed by atoms with Crippen molar-refractivity contribution in [3.8, 4) is 0 Å². The van der Waals surface area contributed by atoms with Gasteiger partial charge in [0.15, 0.2) is 0 Å². The molecule has 3 aliphatic carbocycles. The third-order valence-corrected chi connectivity index (χ3v) is 8.45. The fraction of sp³-hybridized carbons (Fsp3) is 0.545. The number of anilines is 1. The number of allylic oxidation sites excluding steroid dienone is 1. The molecule has 140 valence electrons. The summed E-state index contributed by atoms with van der Waals surface area (Å²) in [6.07, 6.45) is 7.72. The first-order valence-corrected chi connectivity index (χ1v) is 9.97. The largest absolute Gasteiger partial charge is 0.469 e. The van der Waals surface area contributed by atoms with E-state index in [1.807, 2.05) is 0 Å². The van der Waals surface area contributed by atoms with Crippen LogP contribution in [0.25, 0.3) is 0 Å². The number of hydrogen-bond acceptors (Lipinski definition) is 5. The fourth-order valence-corrected chi connectivity index (χ4v) is 7.85. The van der Waals surface area contributed by atoms with Gasteiger partial charge in [0.1, 0.15) is 6.29 Å². The Morgan fingerprint density at radius 3 is 2.96 bits per heavy atom. The number of nitrogens with one attached hydrogen (secondary N) is 1. The molecule has 5 heteroatoms. The van der Waals surface area contributed by atoms with E-state index in [9.17, 15) is 9.59 Å². The quantitative estimate of drug-likeness (QED) is 0.646. The molecule has 0 aromatic heterocycles. The van der Waals surface area contributed by atoms with Crippen molar-refractivity contribution in [1.82, 2.24) is 4.90 Å². The minimum Gasteiger partial charge on any atom is -0.469 e. The van der Waals surface area contributed by atoms with Crippen molar-refractivity contribution in [3.05, 3.63) is 41.6 Å². The summed E-state index contributed by atoms with van der Waals surface area (Å²) in [7, 11) is 1.50. The first-order valence-electron chi connectivity index (χ1n) is 9.97.